The van der Waals surface area contributed by atoms with E-state index in [2.05, 4.69) is 15.7 Å². The molecule has 4 rings (SSSR count). The molecule has 1 aliphatic rings. The number of para-hydroxylation sites is 1. The molecule has 3 aromatic rings. The monoisotopic (exact) mass is 624 g/mol. The molecule has 0 aliphatic carbocycles. The van der Waals surface area contributed by atoms with Crippen molar-refractivity contribution >= 4 is 29.4 Å². The van der Waals surface area contributed by atoms with E-state index in [1.807, 2.05) is 0 Å². The molecule has 3 N–H and O–H groups in total. The van der Waals surface area contributed by atoms with Crippen molar-refractivity contribution in [3.8, 4) is 17.3 Å². The van der Waals surface area contributed by atoms with Gasteiger partial charge in [0, 0.05) is 44.2 Å². The molecule has 1 unspecified atom stereocenters. The van der Waals surface area contributed by atoms with Crippen molar-refractivity contribution in [3.05, 3.63) is 62.5 Å². The second kappa shape index (κ2) is 13.6. The first-order chi connectivity index (χ1) is 21.3. The molecule has 3 amide bonds. The smallest absolute Gasteiger partial charge is 0.407 e. The van der Waals surface area contributed by atoms with Gasteiger partial charge in [0.2, 0.25) is 11.8 Å². The van der Waals surface area contributed by atoms with Gasteiger partial charge in [0.15, 0.2) is 17.2 Å². The Hall–Kier alpha value is -5.21. The van der Waals surface area contributed by atoms with Gasteiger partial charge in [-0.15, -0.1) is 0 Å². The Kier molecular flexibility index (Phi) is 9.89. The number of carbonyl (C=O) groups excluding carboxylic acids is 3. The Balaban J connectivity index is 1.58. The predicted molar refractivity (Wildman–Crippen MR) is 162 cm³/mol. The van der Waals surface area contributed by atoms with Crippen LogP contribution in [-0.4, -0.2) is 100 Å². The number of nitrogens with zero attached hydrogens (tertiary/aromatic N) is 4. The van der Waals surface area contributed by atoms with Crippen LogP contribution in [0.1, 0.15) is 38.2 Å². The number of ether oxygens (including phenoxy) is 2. The highest BCUT2D eigenvalue weighted by Crippen LogP contribution is 2.22. The number of aromatic nitrogens is 2. The van der Waals surface area contributed by atoms with Crippen LogP contribution in [0.15, 0.2) is 46.0 Å². The lowest BCUT2D eigenvalue weighted by atomic mass is 9.91. The SMILES string of the molecule is CCOc1c(NCC(NC(=O)c2cc(OCC(=O)C(C)(C)C)n(-c3ccccc3)n2)C(=O)N2CCN(C(=O)O)CC2)c(=O)c1=O. The van der Waals surface area contributed by atoms with Gasteiger partial charge < -0.3 is 35.0 Å². The van der Waals surface area contributed by atoms with Crippen molar-refractivity contribution in [3.63, 3.8) is 0 Å². The number of nitrogens with one attached hydrogen (secondary N) is 2. The van der Waals surface area contributed by atoms with E-state index in [1.54, 1.807) is 58.0 Å². The van der Waals surface area contributed by atoms with Crippen LogP contribution in [0.25, 0.3) is 5.69 Å². The summed E-state index contributed by atoms with van der Waals surface area (Å²) in [4.78, 5) is 77.7. The molecule has 15 heteroatoms. The van der Waals surface area contributed by atoms with Gasteiger partial charge in [0.1, 0.15) is 18.3 Å². The zero-order valence-electron chi connectivity index (χ0n) is 25.5. The Morgan fingerprint density at radius 1 is 0.978 bits per heavy atom. The Morgan fingerprint density at radius 3 is 2.22 bits per heavy atom. The highest BCUT2D eigenvalue weighted by molar-refractivity contribution is 5.97. The molecule has 0 radical (unpaired) electrons. The molecule has 2 heterocycles. The Bertz CT molecular complexity index is 1630. The summed E-state index contributed by atoms with van der Waals surface area (Å²) in [6.07, 6.45) is -1.10. The summed E-state index contributed by atoms with van der Waals surface area (Å²) in [5.41, 5.74) is -1.91. The maximum absolute atomic E-state index is 13.6. The molecular weight excluding hydrogens is 588 g/mol. The first-order valence-electron chi connectivity index (χ1n) is 14.4. The molecule has 1 aliphatic heterocycles. The standard InChI is InChI=1S/C30H36N6O9/c1-5-44-26-23(24(38)25(26)39)31-16-20(28(41)34-11-13-35(14-12-34)29(42)43)32-27(40)19-15-22(45-17-21(37)30(2,3)4)36(33-19)18-9-7-6-8-10-18/h6-10,15,20,31H,5,11-14,16-17H2,1-4H3,(H,32,40)(H,42,43). The summed E-state index contributed by atoms with van der Waals surface area (Å²) in [5, 5.41) is 19.0. The van der Waals surface area contributed by atoms with Gasteiger partial charge in [-0.2, -0.15) is 5.10 Å². The summed E-state index contributed by atoms with van der Waals surface area (Å²) in [6, 6.07) is 8.91. The highest BCUT2D eigenvalue weighted by Gasteiger charge is 2.32. The van der Waals surface area contributed by atoms with Crippen molar-refractivity contribution in [2.45, 2.75) is 33.7 Å². The van der Waals surface area contributed by atoms with Gasteiger partial charge in [-0.1, -0.05) is 39.0 Å². The predicted octanol–water partition coefficient (Wildman–Crippen LogP) is 0.894. The van der Waals surface area contributed by atoms with Gasteiger partial charge in [-0.3, -0.25) is 24.0 Å². The number of rotatable bonds is 12. The van der Waals surface area contributed by atoms with E-state index in [0.29, 0.717) is 5.69 Å². The van der Waals surface area contributed by atoms with Crippen LogP contribution in [-0.2, 0) is 9.59 Å². The first-order valence-corrected chi connectivity index (χ1v) is 14.4. The summed E-state index contributed by atoms with van der Waals surface area (Å²) in [5.74, 6) is -1.48. The van der Waals surface area contributed by atoms with Crippen LogP contribution in [0.2, 0.25) is 0 Å². The normalized spacial score (nSPS) is 14.1. The highest BCUT2D eigenvalue weighted by atomic mass is 16.5. The Morgan fingerprint density at radius 2 is 1.62 bits per heavy atom. The van der Waals surface area contributed by atoms with Gasteiger partial charge in [0.05, 0.1) is 12.3 Å². The third-order valence-electron chi connectivity index (χ3n) is 7.20. The maximum atomic E-state index is 13.6. The minimum atomic E-state index is -1.25. The topological polar surface area (TPSA) is 189 Å². The minimum absolute atomic E-state index is 0.0806. The second-order valence-corrected chi connectivity index (χ2v) is 11.4. The summed E-state index contributed by atoms with van der Waals surface area (Å²) < 4.78 is 12.4. The summed E-state index contributed by atoms with van der Waals surface area (Å²) >= 11 is 0. The van der Waals surface area contributed by atoms with Crippen molar-refractivity contribution in [1.82, 2.24) is 24.9 Å². The second-order valence-electron chi connectivity index (χ2n) is 11.4. The number of hydrogen-bond acceptors (Lipinski definition) is 10. The number of hydrogen-bond donors (Lipinski definition) is 3. The van der Waals surface area contributed by atoms with Gasteiger partial charge in [-0.05, 0) is 19.1 Å². The molecule has 15 nitrogen and oxygen atoms in total. The summed E-state index contributed by atoms with van der Waals surface area (Å²) in [6.45, 7) is 6.87. The molecule has 45 heavy (non-hydrogen) atoms. The minimum Gasteiger partial charge on any atom is -0.488 e. The lowest BCUT2D eigenvalue weighted by Gasteiger charge is -2.35. The average molecular weight is 625 g/mol. The van der Waals surface area contributed by atoms with E-state index in [0.717, 1.165) is 0 Å². The molecular formula is C30H36N6O9. The number of Topliss-reactive ketones (excluding diaryl/α,β-unsaturated/α-hetero) is 1. The zero-order valence-corrected chi connectivity index (χ0v) is 25.5. The van der Waals surface area contributed by atoms with E-state index in [1.165, 1.54) is 20.5 Å². The molecule has 0 saturated carbocycles. The van der Waals surface area contributed by atoms with E-state index in [9.17, 15) is 33.9 Å². The van der Waals surface area contributed by atoms with Crippen LogP contribution in [0.4, 0.5) is 10.5 Å². The molecule has 0 spiro atoms. The first kappa shape index (κ1) is 32.7. The lowest BCUT2D eigenvalue weighted by molar-refractivity contribution is -0.134. The number of piperazine rings is 1. The molecule has 1 aromatic heterocycles. The van der Waals surface area contributed by atoms with Crippen LogP contribution >= 0.6 is 0 Å². The van der Waals surface area contributed by atoms with Crippen LogP contribution < -0.4 is 31.0 Å². The number of carboxylic acid groups (broad SMARTS) is 1. The Labute approximate surface area is 258 Å². The summed E-state index contributed by atoms with van der Waals surface area (Å²) in [7, 11) is 0. The van der Waals surface area contributed by atoms with Crippen LogP contribution in [0.5, 0.6) is 11.6 Å². The van der Waals surface area contributed by atoms with Crippen molar-refractivity contribution < 1.29 is 33.8 Å². The molecule has 240 valence electrons. The number of amides is 3. The molecule has 1 saturated heterocycles. The quantitative estimate of drug-likeness (QED) is 0.243. The third-order valence-corrected chi connectivity index (χ3v) is 7.20. The van der Waals surface area contributed by atoms with Crippen molar-refractivity contribution in [2.24, 2.45) is 5.41 Å². The molecule has 1 fully saturated rings. The fourth-order valence-electron chi connectivity index (χ4n) is 4.48. The molecule has 0 bridgehead atoms. The average Bonchev–Trinajstić information content (AvgIpc) is 3.46. The largest absolute Gasteiger partial charge is 0.488 e. The molecule has 2 aromatic carbocycles. The maximum Gasteiger partial charge on any atom is 0.407 e. The third kappa shape index (κ3) is 7.48. The van der Waals surface area contributed by atoms with Gasteiger partial charge in [0.25, 0.3) is 16.8 Å². The van der Waals surface area contributed by atoms with Gasteiger partial charge >= 0.3 is 6.09 Å². The van der Waals surface area contributed by atoms with Crippen LogP contribution in [0.3, 0.4) is 0 Å². The number of ketones is 1. The van der Waals surface area contributed by atoms with Gasteiger partial charge in [-0.25, -0.2) is 9.48 Å². The van der Waals surface area contributed by atoms with Crippen molar-refractivity contribution in [2.75, 3.05) is 51.3 Å². The van der Waals surface area contributed by atoms with E-state index < -0.39 is 40.2 Å². The van der Waals surface area contributed by atoms with E-state index in [4.69, 9.17) is 9.47 Å². The number of anilines is 1. The van der Waals surface area contributed by atoms with E-state index >= 15 is 0 Å². The fourth-order valence-corrected chi connectivity index (χ4v) is 4.48. The van der Waals surface area contributed by atoms with Crippen molar-refractivity contribution in [1.29, 1.82) is 0 Å². The lowest BCUT2D eigenvalue weighted by Crippen LogP contribution is -2.57. The molecule has 1 atom stereocenters. The zero-order chi connectivity index (χ0) is 32.9. The fraction of sp³-hybridized carbons (Fsp3) is 0.433. The number of benzene rings is 1. The van der Waals surface area contributed by atoms with Crippen LogP contribution in [0, 0.1) is 5.41 Å². The van der Waals surface area contributed by atoms with E-state index in [-0.39, 0.29) is 74.7 Å². The number of carbonyl (C=O) groups is 4.